The van der Waals surface area contributed by atoms with Crippen LogP contribution in [0.4, 0.5) is 23.0 Å². The number of aromatic nitrogens is 2. The lowest BCUT2D eigenvalue weighted by atomic mass is 9.85. The molecule has 3 aromatic rings. The Morgan fingerprint density at radius 2 is 0.968 bits per heavy atom. The highest BCUT2D eigenvalue weighted by molar-refractivity contribution is 5.82. The molecule has 0 fully saturated rings. The van der Waals surface area contributed by atoms with Crippen molar-refractivity contribution in [2.24, 2.45) is 10.8 Å². The minimum absolute atomic E-state index is 0.144. The van der Waals surface area contributed by atoms with Gasteiger partial charge in [-0.15, -0.1) is 0 Å². The molecule has 0 spiro atoms. The summed E-state index contributed by atoms with van der Waals surface area (Å²) in [6.07, 6.45) is 1.82. The van der Waals surface area contributed by atoms with Crippen LogP contribution in [0.25, 0.3) is 0 Å². The van der Waals surface area contributed by atoms with Gasteiger partial charge >= 0.3 is 0 Å². The van der Waals surface area contributed by atoms with E-state index in [0.717, 1.165) is 47.2 Å². The van der Waals surface area contributed by atoms with Crippen LogP contribution in [-0.4, -0.2) is 16.6 Å². The molecule has 0 radical (unpaired) electrons. The van der Waals surface area contributed by atoms with Crippen LogP contribution in [-0.2, 0) is 12.8 Å². The van der Waals surface area contributed by atoms with E-state index in [4.69, 9.17) is 9.97 Å². The minimum Gasteiger partial charge on any atom is -0.305 e. The fraction of sp³-hybridized carbons (Fsp3) is 0.407. The lowest BCUT2D eigenvalue weighted by Crippen LogP contribution is -2.24. The zero-order valence-corrected chi connectivity index (χ0v) is 19.7. The number of rotatable bonds is 4. The first-order valence-corrected chi connectivity index (χ1v) is 11.2. The van der Waals surface area contributed by atoms with Gasteiger partial charge in [0, 0.05) is 11.4 Å². The summed E-state index contributed by atoms with van der Waals surface area (Å²) in [5.74, 6) is 1.90. The summed E-state index contributed by atoms with van der Waals surface area (Å²) in [7, 11) is 0. The Labute approximate surface area is 187 Å². The second kappa shape index (κ2) is 7.99. The Bertz CT molecular complexity index is 946. The fourth-order valence-electron chi connectivity index (χ4n) is 4.03. The Balaban J connectivity index is 1.88. The summed E-state index contributed by atoms with van der Waals surface area (Å²) in [4.78, 5) is 15.1. The van der Waals surface area contributed by atoms with Crippen LogP contribution in [0, 0.1) is 10.8 Å². The largest absolute Gasteiger partial charge is 0.305 e. The molecule has 1 aliphatic heterocycles. The van der Waals surface area contributed by atoms with Crippen LogP contribution in [0.3, 0.4) is 0 Å². The van der Waals surface area contributed by atoms with Gasteiger partial charge in [-0.25, -0.2) is 9.97 Å². The van der Waals surface area contributed by atoms with Crippen molar-refractivity contribution in [1.29, 1.82) is 0 Å². The summed E-state index contributed by atoms with van der Waals surface area (Å²) >= 11 is 0. The van der Waals surface area contributed by atoms with E-state index in [0.29, 0.717) is 6.67 Å². The van der Waals surface area contributed by atoms with Crippen molar-refractivity contribution in [3.8, 4) is 0 Å². The third-order valence-electron chi connectivity index (χ3n) is 5.34. The van der Waals surface area contributed by atoms with Crippen molar-refractivity contribution in [2.45, 2.75) is 54.4 Å². The molecule has 4 rings (SSSR count). The van der Waals surface area contributed by atoms with Gasteiger partial charge in [-0.2, -0.15) is 0 Å². The molecule has 2 aromatic carbocycles. The lowest BCUT2D eigenvalue weighted by molar-refractivity contribution is 0.384. The molecular weight excluding hydrogens is 380 g/mol. The first kappa shape index (κ1) is 21.4. The average Bonchev–Trinajstić information content (AvgIpc) is 3.05. The highest BCUT2D eigenvalue weighted by atomic mass is 15.4. The van der Waals surface area contributed by atoms with E-state index < -0.39 is 0 Å². The molecule has 4 heteroatoms. The van der Waals surface area contributed by atoms with Gasteiger partial charge < -0.3 is 9.80 Å². The van der Waals surface area contributed by atoms with Crippen molar-refractivity contribution in [3.05, 3.63) is 72.1 Å². The highest BCUT2D eigenvalue weighted by Crippen LogP contribution is 2.43. The predicted octanol–water partition coefficient (Wildman–Crippen LogP) is 6.90. The van der Waals surface area contributed by atoms with Crippen molar-refractivity contribution in [2.75, 3.05) is 16.5 Å². The molecule has 0 bridgehead atoms. The molecule has 1 aliphatic rings. The molecule has 31 heavy (non-hydrogen) atoms. The van der Waals surface area contributed by atoms with Crippen molar-refractivity contribution in [3.63, 3.8) is 0 Å². The van der Waals surface area contributed by atoms with Gasteiger partial charge in [0.05, 0.1) is 11.4 Å². The summed E-state index contributed by atoms with van der Waals surface area (Å²) in [5, 5.41) is 0. The maximum absolute atomic E-state index is 5.28. The number of benzene rings is 2. The van der Waals surface area contributed by atoms with Crippen LogP contribution < -0.4 is 9.80 Å². The molecule has 162 valence electrons. The van der Waals surface area contributed by atoms with E-state index in [1.165, 1.54) is 0 Å². The van der Waals surface area contributed by atoms with Gasteiger partial charge in [0.25, 0.3) is 0 Å². The second-order valence-electron chi connectivity index (χ2n) is 10.9. The molecule has 0 unspecified atom stereocenters. The third kappa shape index (κ3) is 4.90. The Morgan fingerprint density at radius 3 is 1.29 bits per heavy atom. The number of fused-ring (bicyclic) bond motifs is 1. The molecule has 0 N–H and O–H groups in total. The van der Waals surface area contributed by atoms with E-state index >= 15 is 0 Å². The smallest absolute Gasteiger partial charge is 0.178 e. The molecule has 0 atom stereocenters. The van der Waals surface area contributed by atoms with E-state index in [2.05, 4.69) is 112 Å². The Kier molecular flexibility index (Phi) is 5.50. The Morgan fingerprint density at radius 1 is 0.613 bits per heavy atom. The molecule has 2 heterocycles. The topological polar surface area (TPSA) is 32.3 Å². The van der Waals surface area contributed by atoms with Gasteiger partial charge in [-0.1, -0.05) is 77.9 Å². The molecule has 4 nitrogen and oxygen atoms in total. The maximum Gasteiger partial charge on any atom is 0.178 e. The van der Waals surface area contributed by atoms with E-state index in [9.17, 15) is 0 Å². The van der Waals surface area contributed by atoms with Crippen LogP contribution in [0.2, 0.25) is 0 Å². The number of hydrogen-bond donors (Lipinski definition) is 0. The molecule has 0 amide bonds. The van der Waals surface area contributed by atoms with Gasteiger partial charge in [0.15, 0.2) is 11.6 Å². The van der Waals surface area contributed by atoms with Crippen molar-refractivity contribution in [1.82, 2.24) is 9.97 Å². The maximum atomic E-state index is 5.28. The van der Waals surface area contributed by atoms with Crippen molar-refractivity contribution < 1.29 is 0 Å². The normalized spacial score (nSPS) is 14.1. The Hall–Kier alpha value is -2.88. The zero-order chi connectivity index (χ0) is 22.2. The number of anilines is 4. The highest BCUT2D eigenvalue weighted by Gasteiger charge is 2.33. The van der Waals surface area contributed by atoms with E-state index in [1.54, 1.807) is 0 Å². The number of nitrogens with zero attached hydrogens (tertiary/aromatic N) is 4. The van der Waals surface area contributed by atoms with Crippen LogP contribution in [0.5, 0.6) is 0 Å². The minimum atomic E-state index is 0.144. The fourth-order valence-corrected chi connectivity index (χ4v) is 4.03. The first-order valence-electron chi connectivity index (χ1n) is 11.2. The summed E-state index contributed by atoms with van der Waals surface area (Å²) in [6, 6.07) is 21.0. The van der Waals surface area contributed by atoms with Gasteiger partial charge in [0.1, 0.15) is 6.67 Å². The van der Waals surface area contributed by atoms with Crippen molar-refractivity contribution >= 4 is 23.0 Å². The van der Waals surface area contributed by atoms with E-state index in [-0.39, 0.29) is 10.8 Å². The van der Waals surface area contributed by atoms with Gasteiger partial charge in [-0.05, 0) is 47.9 Å². The second-order valence-corrected chi connectivity index (χ2v) is 10.9. The van der Waals surface area contributed by atoms with Crippen LogP contribution in [0.1, 0.15) is 52.9 Å². The average molecular weight is 415 g/mol. The first-order chi connectivity index (χ1) is 14.6. The zero-order valence-electron chi connectivity index (χ0n) is 19.7. The van der Waals surface area contributed by atoms with Crippen LogP contribution >= 0.6 is 0 Å². The molecule has 0 saturated carbocycles. The van der Waals surface area contributed by atoms with Gasteiger partial charge in [-0.3, -0.25) is 0 Å². The van der Waals surface area contributed by atoms with E-state index in [1.807, 2.05) is 0 Å². The predicted molar refractivity (Wildman–Crippen MR) is 130 cm³/mol. The number of para-hydroxylation sites is 2. The number of hydrogen-bond acceptors (Lipinski definition) is 4. The molecule has 0 aliphatic carbocycles. The standard InChI is InChI=1S/C27H34N4/c1-26(2,3)17-22-23(18-27(4,5)6)29-25-24(28-22)30(20-13-9-7-10-14-20)19-31(25)21-15-11-8-12-16-21/h7-16H,17-19H2,1-6H3. The summed E-state index contributed by atoms with van der Waals surface area (Å²) in [6.45, 7) is 14.3. The molecule has 0 saturated heterocycles. The quantitative estimate of drug-likeness (QED) is 0.465. The molecule has 1 aromatic heterocycles. The monoisotopic (exact) mass is 414 g/mol. The summed E-state index contributed by atoms with van der Waals surface area (Å²) in [5.41, 5.74) is 4.81. The van der Waals surface area contributed by atoms with Crippen LogP contribution in [0.15, 0.2) is 60.7 Å². The SMILES string of the molecule is CC(C)(C)Cc1nc2c(nc1CC(C)(C)C)N(c1ccccc1)CN2c1ccccc1. The molecular formula is C27H34N4. The van der Waals surface area contributed by atoms with Gasteiger partial charge in [0.2, 0.25) is 0 Å². The third-order valence-corrected chi connectivity index (χ3v) is 5.34. The summed E-state index contributed by atoms with van der Waals surface area (Å²) < 4.78 is 0. The lowest BCUT2D eigenvalue weighted by Gasteiger charge is -2.25.